The second-order valence-electron chi connectivity index (χ2n) is 3.22. The quantitative estimate of drug-likeness (QED) is 0.770. The van der Waals surface area contributed by atoms with Crippen molar-refractivity contribution in [1.82, 2.24) is 9.97 Å². The third-order valence-corrected chi connectivity index (χ3v) is 2.04. The molecule has 0 aliphatic rings. The number of aryl methyl sites for hydroxylation is 1. The van der Waals surface area contributed by atoms with Gasteiger partial charge in [0.1, 0.15) is 11.5 Å². The van der Waals surface area contributed by atoms with Crippen molar-refractivity contribution in [2.45, 2.75) is 6.92 Å². The summed E-state index contributed by atoms with van der Waals surface area (Å²) in [6, 6.07) is 6.07. The maximum absolute atomic E-state index is 13.4. The molecular formula is C11H9FN2O. The van der Waals surface area contributed by atoms with Crippen LogP contribution in [0.1, 0.15) is 5.69 Å². The number of benzene rings is 1. The molecule has 0 saturated heterocycles. The lowest BCUT2D eigenvalue weighted by Gasteiger charge is -2.01. The molecule has 1 heterocycles. The monoisotopic (exact) mass is 204 g/mol. The van der Waals surface area contributed by atoms with Crippen molar-refractivity contribution in [3.8, 4) is 11.3 Å². The second-order valence-corrected chi connectivity index (χ2v) is 3.22. The molecule has 15 heavy (non-hydrogen) atoms. The van der Waals surface area contributed by atoms with Gasteiger partial charge in [-0.25, -0.2) is 9.37 Å². The van der Waals surface area contributed by atoms with Gasteiger partial charge in [0.2, 0.25) is 0 Å². The smallest absolute Gasteiger partial charge is 0.274 e. The summed E-state index contributed by atoms with van der Waals surface area (Å²) >= 11 is 0. The van der Waals surface area contributed by atoms with Gasteiger partial charge >= 0.3 is 0 Å². The first-order valence-corrected chi connectivity index (χ1v) is 4.49. The molecule has 0 atom stereocenters. The summed E-state index contributed by atoms with van der Waals surface area (Å²) in [5, 5.41) is 0. The van der Waals surface area contributed by atoms with Crippen LogP contribution < -0.4 is 5.56 Å². The number of aromatic amines is 1. The van der Waals surface area contributed by atoms with Gasteiger partial charge in [-0.3, -0.25) is 4.79 Å². The van der Waals surface area contributed by atoms with E-state index in [1.807, 2.05) is 0 Å². The topological polar surface area (TPSA) is 45.8 Å². The van der Waals surface area contributed by atoms with Gasteiger partial charge in [-0.1, -0.05) is 12.1 Å². The first-order valence-electron chi connectivity index (χ1n) is 4.49. The zero-order valence-electron chi connectivity index (χ0n) is 8.12. The van der Waals surface area contributed by atoms with Crippen LogP contribution in [0.3, 0.4) is 0 Å². The fraction of sp³-hybridized carbons (Fsp3) is 0.0909. The van der Waals surface area contributed by atoms with Crippen molar-refractivity contribution in [1.29, 1.82) is 0 Å². The maximum atomic E-state index is 13.4. The van der Waals surface area contributed by atoms with E-state index < -0.39 is 5.82 Å². The van der Waals surface area contributed by atoms with Crippen molar-refractivity contribution in [3.05, 3.63) is 52.3 Å². The SMILES string of the molecule is Cc1cnc(-c2ccccc2F)c(=O)[nH]1. The molecule has 1 aromatic heterocycles. The molecule has 0 unspecified atom stereocenters. The highest BCUT2D eigenvalue weighted by molar-refractivity contribution is 5.58. The number of rotatable bonds is 1. The zero-order chi connectivity index (χ0) is 10.8. The number of H-pyrrole nitrogens is 1. The van der Waals surface area contributed by atoms with Gasteiger partial charge in [-0.05, 0) is 19.1 Å². The number of halogens is 1. The molecule has 0 aliphatic heterocycles. The summed E-state index contributed by atoms with van der Waals surface area (Å²) in [6.45, 7) is 1.72. The average Bonchev–Trinajstić information content (AvgIpc) is 2.20. The highest BCUT2D eigenvalue weighted by Crippen LogP contribution is 2.16. The molecule has 1 aromatic carbocycles. The molecule has 3 nitrogen and oxygen atoms in total. The minimum absolute atomic E-state index is 0.110. The van der Waals surface area contributed by atoms with E-state index in [0.29, 0.717) is 5.69 Å². The van der Waals surface area contributed by atoms with Gasteiger partial charge in [0.25, 0.3) is 5.56 Å². The van der Waals surface area contributed by atoms with Crippen molar-refractivity contribution < 1.29 is 4.39 Å². The van der Waals surface area contributed by atoms with Crippen LogP contribution in [0.25, 0.3) is 11.3 Å². The third kappa shape index (κ3) is 1.79. The van der Waals surface area contributed by atoms with Crippen LogP contribution in [0.5, 0.6) is 0 Å². The molecule has 1 N–H and O–H groups in total. The van der Waals surface area contributed by atoms with E-state index >= 15 is 0 Å². The van der Waals surface area contributed by atoms with Gasteiger partial charge in [0.15, 0.2) is 0 Å². The van der Waals surface area contributed by atoms with Crippen molar-refractivity contribution >= 4 is 0 Å². The lowest BCUT2D eigenvalue weighted by Crippen LogP contribution is -2.12. The van der Waals surface area contributed by atoms with Crippen molar-refractivity contribution in [3.63, 3.8) is 0 Å². The normalized spacial score (nSPS) is 10.3. The van der Waals surface area contributed by atoms with E-state index in [-0.39, 0.29) is 16.8 Å². The van der Waals surface area contributed by atoms with Crippen LogP contribution in [0, 0.1) is 12.7 Å². The Kier molecular flexibility index (Phi) is 2.33. The molecule has 0 spiro atoms. The van der Waals surface area contributed by atoms with Gasteiger partial charge < -0.3 is 4.98 Å². The number of aromatic nitrogens is 2. The fourth-order valence-electron chi connectivity index (χ4n) is 1.34. The highest BCUT2D eigenvalue weighted by Gasteiger charge is 2.09. The summed E-state index contributed by atoms with van der Waals surface area (Å²) in [6.07, 6.45) is 1.50. The van der Waals surface area contributed by atoms with Crippen molar-refractivity contribution in [2.24, 2.45) is 0 Å². The first kappa shape index (κ1) is 9.58. The Hall–Kier alpha value is -1.97. The molecule has 0 fully saturated rings. The van der Waals surface area contributed by atoms with E-state index in [0.717, 1.165) is 0 Å². The number of nitrogens with one attached hydrogen (secondary N) is 1. The molecule has 0 radical (unpaired) electrons. The standard InChI is InChI=1S/C11H9FN2O/c1-7-6-13-10(11(15)14-7)8-4-2-3-5-9(8)12/h2-6H,1H3,(H,14,15). The van der Waals surface area contributed by atoms with Crippen LogP contribution in [-0.2, 0) is 0 Å². The molecule has 2 rings (SSSR count). The van der Waals surface area contributed by atoms with E-state index in [9.17, 15) is 9.18 Å². The van der Waals surface area contributed by atoms with E-state index in [4.69, 9.17) is 0 Å². The summed E-state index contributed by atoms with van der Waals surface area (Å²) in [7, 11) is 0. The minimum atomic E-state index is -0.445. The Morgan fingerprint density at radius 2 is 2.07 bits per heavy atom. The molecule has 76 valence electrons. The summed E-state index contributed by atoms with van der Waals surface area (Å²) in [5.74, 6) is -0.445. The van der Waals surface area contributed by atoms with Gasteiger partial charge in [0, 0.05) is 17.5 Å². The van der Waals surface area contributed by atoms with Crippen LogP contribution in [0.15, 0.2) is 35.3 Å². The second kappa shape index (κ2) is 3.65. The lowest BCUT2D eigenvalue weighted by atomic mass is 10.1. The number of nitrogens with zero attached hydrogens (tertiary/aromatic N) is 1. The predicted molar refractivity (Wildman–Crippen MR) is 55.0 cm³/mol. The van der Waals surface area contributed by atoms with Crippen LogP contribution in [0.4, 0.5) is 4.39 Å². The molecule has 0 aliphatic carbocycles. The third-order valence-electron chi connectivity index (χ3n) is 2.04. The minimum Gasteiger partial charge on any atom is -0.323 e. The van der Waals surface area contributed by atoms with Gasteiger partial charge in [0.05, 0.1) is 0 Å². The fourth-order valence-corrected chi connectivity index (χ4v) is 1.34. The molecule has 0 saturated carbocycles. The average molecular weight is 204 g/mol. The Morgan fingerprint density at radius 3 is 2.73 bits per heavy atom. The lowest BCUT2D eigenvalue weighted by molar-refractivity contribution is 0.630. The Balaban J connectivity index is 2.65. The number of hydrogen-bond donors (Lipinski definition) is 1. The molecule has 0 bridgehead atoms. The number of hydrogen-bond acceptors (Lipinski definition) is 2. The van der Waals surface area contributed by atoms with Crippen LogP contribution in [0.2, 0.25) is 0 Å². The van der Waals surface area contributed by atoms with Gasteiger partial charge in [-0.15, -0.1) is 0 Å². The summed E-state index contributed by atoms with van der Waals surface area (Å²) in [5.41, 5.74) is 0.609. The molecule has 0 amide bonds. The van der Waals surface area contributed by atoms with E-state index in [1.165, 1.54) is 18.3 Å². The van der Waals surface area contributed by atoms with Crippen molar-refractivity contribution in [2.75, 3.05) is 0 Å². The van der Waals surface area contributed by atoms with E-state index in [1.54, 1.807) is 19.1 Å². The maximum Gasteiger partial charge on any atom is 0.274 e. The van der Waals surface area contributed by atoms with Crippen LogP contribution in [-0.4, -0.2) is 9.97 Å². The highest BCUT2D eigenvalue weighted by atomic mass is 19.1. The largest absolute Gasteiger partial charge is 0.323 e. The first-order chi connectivity index (χ1) is 7.18. The van der Waals surface area contributed by atoms with Gasteiger partial charge in [-0.2, -0.15) is 0 Å². The Bertz CT molecular complexity index is 548. The molecular weight excluding hydrogens is 195 g/mol. The molecule has 2 aromatic rings. The summed E-state index contributed by atoms with van der Waals surface area (Å²) in [4.78, 5) is 18.0. The zero-order valence-corrected chi connectivity index (χ0v) is 8.12. The van der Waals surface area contributed by atoms with Crippen LogP contribution >= 0.6 is 0 Å². The predicted octanol–water partition coefficient (Wildman–Crippen LogP) is 1.88. The van der Waals surface area contributed by atoms with E-state index in [2.05, 4.69) is 9.97 Å². The molecule has 4 heteroatoms. The summed E-state index contributed by atoms with van der Waals surface area (Å²) < 4.78 is 13.4. The Labute approximate surface area is 85.6 Å². The Morgan fingerprint density at radius 1 is 1.33 bits per heavy atom.